The maximum Gasteiger partial charge on any atom is 0.283 e. The topological polar surface area (TPSA) is 97.7 Å². The molecule has 0 bridgehead atoms. The zero-order chi connectivity index (χ0) is 21.0. The van der Waals surface area contributed by atoms with Crippen LogP contribution in [0.15, 0.2) is 58.0 Å². The third kappa shape index (κ3) is 4.92. The van der Waals surface area contributed by atoms with Crippen molar-refractivity contribution in [1.29, 1.82) is 0 Å². The van der Waals surface area contributed by atoms with Crippen molar-refractivity contribution in [2.24, 2.45) is 5.10 Å². The number of hydrazone groups is 1. The molecule has 1 aromatic heterocycles. The van der Waals surface area contributed by atoms with Crippen LogP contribution in [0.3, 0.4) is 0 Å². The van der Waals surface area contributed by atoms with Crippen LogP contribution in [0, 0.1) is 29.8 Å². The average molecular weight is 395 g/mol. The highest BCUT2D eigenvalue weighted by molar-refractivity contribution is 5.82. The van der Waals surface area contributed by atoms with E-state index in [-0.39, 0.29) is 29.4 Å². The lowest BCUT2D eigenvalue weighted by atomic mass is 10.0. The summed E-state index contributed by atoms with van der Waals surface area (Å²) in [4.78, 5) is 22.5. The number of aryl methyl sites for hydroxylation is 2. The molecule has 3 aromatic rings. The fourth-order valence-electron chi connectivity index (χ4n) is 2.80. The molecule has 7 nitrogen and oxygen atoms in total. The number of nitrogens with zero attached hydrogens (tertiary/aromatic N) is 2. The lowest BCUT2D eigenvalue weighted by Crippen LogP contribution is -2.20. The maximum absolute atomic E-state index is 13.3. The molecule has 0 spiro atoms. The van der Waals surface area contributed by atoms with Gasteiger partial charge in [0.1, 0.15) is 17.3 Å². The van der Waals surface area contributed by atoms with Gasteiger partial charge in [0.05, 0.1) is 29.2 Å². The van der Waals surface area contributed by atoms with Crippen molar-refractivity contribution in [3.8, 4) is 11.3 Å². The van der Waals surface area contributed by atoms with Crippen LogP contribution in [0.2, 0.25) is 0 Å². The Morgan fingerprint density at radius 3 is 2.76 bits per heavy atom. The van der Waals surface area contributed by atoms with Crippen LogP contribution in [0.4, 0.5) is 10.1 Å². The van der Waals surface area contributed by atoms with Crippen LogP contribution in [0.25, 0.3) is 11.3 Å². The molecule has 1 heterocycles. The third-order valence-electron chi connectivity index (χ3n) is 4.29. The summed E-state index contributed by atoms with van der Waals surface area (Å²) in [5.41, 5.74) is 5.18. The summed E-state index contributed by atoms with van der Waals surface area (Å²) in [5, 5.41) is 15.0. The molecule has 0 saturated heterocycles. The van der Waals surface area contributed by atoms with E-state index >= 15 is 0 Å². The summed E-state index contributed by atoms with van der Waals surface area (Å²) < 4.78 is 18.8. The molecule has 3 rings (SSSR count). The number of furan rings is 1. The molecule has 0 saturated carbocycles. The summed E-state index contributed by atoms with van der Waals surface area (Å²) in [6.07, 6.45) is 1.48. The van der Waals surface area contributed by atoms with Crippen molar-refractivity contribution in [3.63, 3.8) is 0 Å². The van der Waals surface area contributed by atoms with Gasteiger partial charge in [0.15, 0.2) is 0 Å². The number of rotatable bonds is 6. The van der Waals surface area contributed by atoms with Crippen LogP contribution < -0.4 is 5.43 Å². The zero-order valence-electron chi connectivity index (χ0n) is 15.8. The highest BCUT2D eigenvalue weighted by Gasteiger charge is 2.19. The zero-order valence-corrected chi connectivity index (χ0v) is 15.8. The number of benzene rings is 2. The van der Waals surface area contributed by atoms with E-state index in [4.69, 9.17) is 4.42 Å². The minimum atomic E-state index is -0.708. The van der Waals surface area contributed by atoms with Gasteiger partial charge in [-0.1, -0.05) is 23.8 Å². The van der Waals surface area contributed by atoms with E-state index in [9.17, 15) is 19.3 Å². The van der Waals surface area contributed by atoms with Gasteiger partial charge in [0, 0.05) is 0 Å². The Morgan fingerprint density at radius 2 is 2.00 bits per heavy atom. The number of amides is 1. The lowest BCUT2D eigenvalue weighted by molar-refractivity contribution is -0.384. The number of hydrogen-bond donors (Lipinski definition) is 1. The van der Waals surface area contributed by atoms with E-state index in [1.807, 2.05) is 32.0 Å². The second-order valence-electron chi connectivity index (χ2n) is 6.52. The Morgan fingerprint density at radius 1 is 1.21 bits per heavy atom. The van der Waals surface area contributed by atoms with Crippen molar-refractivity contribution in [2.45, 2.75) is 20.3 Å². The fraction of sp³-hybridized carbons (Fsp3) is 0.143. The SMILES string of the molecule is Cc1ccc(C)c(CC(=O)N/N=C\c2ccc(-c3ccc(F)cc3[N+](=O)[O-])o2)c1. The van der Waals surface area contributed by atoms with Crippen LogP contribution in [-0.4, -0.2) is 17.0 Å². The molecule has 0 aliphatic heterocycles. The second kappa shape index (κ2) is 8.47. The Labute approximate surface area is 166 Å². The summed E-state index contributed by atoms with van der Waals surface area (Å²) in [5.74, 6) is -0.512. The Balaban J connectivity index is 1.67. The van der Waals surface area contributed by atoms with E-state index in [1.165, 1.54) is 18.3 Å². The number of halogens is 1. The van der Waals surface area contributed by atoms with Gasteiger partial charge in [-0.15, -0.1) is 0 Å². The van der Waals surface area contributed by atoms with E-state index < -0.39 is 16.4 Å². The first kappa shape index (κ1) is 19.9. The summed E-state index contributed by atoms with van der Waals surface area (Å²) >= 11 is 0. The lowest BCUT2D eigenvalue weighted by Gasteiger charge is -2.05. The molecule has 148 valence electrons. The Kier molecular flexibility index (Phi) is 5.82. The molecular weight excluding hydrogens is 377 g/mol. The van der Waals surface area contributed by atoms with Gasteiger partial charge in [-0.25, -0.2) is 9.82 Å². The number of carbonyl (C=O) groups is 1. The molecule has 0 unspecified atom stereocenters. The number of nitro groups is 1. The molecule has 0 fully saturated rings. The summed E-state index contributed by atoms with van der Waals surface area (Å²) in [6, 6.07) is 12.2. The number of carbonyl (C=O) groups excluding carboxylic acids is 1. The predicted molar refractivity (Wildman–Crippen MR) is 106 cm³/mol. The molecular formula is C21H18FN3O4. The largest absolute Gasteiger partial charge is 0.455 e. The van der Waals surface area contributed by atoms with Gasteiger partial charge in [-0.3, -0.25) is 14.9 Å². The molecule has 0 radical (unpaired) electrons. The van der Waals surface area contributed by atoms with E-state index in [2.05, 4.69) is 10.5 Å². The molecule has 0 aliphatic rings. The first-order valence-electron chi connectivity index (χ1n) is 8.75. The monoisotopic (exact) mass is 395 g/mol. The van der Waals surface area contributed by atoms with Crippen molar-refractivity contribution in [1.82, 2.24) is 5.43 Å². The van der Waals surface area contributed by atoms with E-state index in [1.54, 1.807) is 6.07 Å². The van der Waals surface area contributed by atoms with Gasteiger partial charge >= 0.3 is 0 Å². The van der Waals surface area contributed by atoms with Crippen LogP contribution >= 0.6 is 0 Å². The number of nitro benzene ring substituents is 1. The standard InChI is InChI=1S/C21H18FN3O4/c1-13-3-4-14(2)15(9-13)10-21(26)24-23-12-17-6-8-20(29-17)18-7-5-16(22)11-19(18)25(27)28/h3-9,11-12H,10H2,1-2H3,(H,24,26)/b23-12-. The average Bonchev–Trinajstić information content (AvgIpc) is 3.13. The van der Waals surface area contributed by atoms with Gasteiger partial charge in [0.25, 0.3) is 5.69 Å². The van der Waals surface area contributed by atoms with Crippen molar-refractivity contribution in [3.05, 3.63) is 86.9 Å². The molecule has 0 aliphatic carbocycles. The predicted octanol–water partition coefficient (Wildman–Crippen LogP) is 4.30. The highest BCUT2D eigenvalue weighted by Crippen LogP contribution is 2.31. The first-order chi connectivity index (χ1) is 13.8. The summed E-state index contributed by atoms with van der Waals surface area (Å²) in [6.45, 7) is 3.89. The van der Waals surface area contributed by atoms with Gasteiger partial charge in [-0.2, -0.15) is 5.10 Å². The minimum absolute atomic E-state index is 0.148. The highest BCUT2D eigenvalue weighted by atomic mass is 19.1. The van der Waals surface area contributed by atoms with Gasteiger partial charge < -0.3 is 4.42 Å². The minimum Gasteiger partial charge on any atom is -0.455 e. The molecule has 29 heavy (non-hydrogen) atoms. The molecule has 8 heteroatoms. The van der Waals surface area contributed by atoms with Crippen LogP contribution in [0.5, 0.6) is 0 Å². The van der Waals surface area contributed by atoms with Crippen LogP contribution in [-0.2, 0) is 11.2 Å². The molecule has 1 amide bonds. The first-order valence-corrected chi connectivity index (χ1v) is 8.75. The molecule has 2 aromatic carbocycles. The van der Waals surface area contributed by atoms with Crippen LogP contribution in [0.1, 0.15) is 22.5 Å². The number of nitrogens with one attached hydrogen (secondary N) is 1. The Hall–Kier alpha value is -3.81. The Bertz CT molecular complexity index is 1110. The van der Waals surface area contributed by atoms with E-state index in [0.717, 1.165) is 28.8 Å². The smallest absolute Gasteiger partial charge is 0.283 e. The second-order valence-corrected chi connectivity index (χ2v) is 6.52. The van der Waals surface area contributed by atoms with Crippen molar-refractivity contribution >= 4 is 17.8 Å². The molecule has 1 N–H and O–H groups in total. The number of hydrogen-bond acceptors (Lipinski definition) is 5. The van der Waals surface area contributed by atoms with Crippen molar-refractivity contribution < 1.29 is 18.5 Å². The fourth-order valence-corrected chi connectivity index (χ4v) is 2.80. The van der Waals surface area contributed by atoms with Gasteiger partial charge in [0.2, 0.25) is 5.91 Å². The van der Waals surface area contributed by atoms with Crippen molar-refractivity contribution in [2.75, 3.05) is 0 Å². The quantitative estimate of drug-likeness (QED) is 0.382. The normalized spacial score (nSPS) is 11.0. The van der Waals surface area contributed by atoms with E-state index in [0.29, 0.717) is 0 Å². The maximum atomic E-state index is 13.3. The molecule has 0 atom stereocenters. The summed E-state index contributed by atoms with van der Waals surface area (Å²) in [7, 11) is 0. The third-order valence-corrected chi connectivity index (χ3v) is 4.29. The van der Waals surface area contributed by atoms with Gasteiger partial charge in [-0.05, 0) is 49.2 Å².